The van der Waals surface area contributed by atoms with E-state index in [1.165, 1.54) is 101 Å². The van der Waals surface area contributed by atoms with Crippen molar-refractivity contribution in [3.63, 3.8) is 0 Å². The summed E-state index contributed by atoms with van der Waals surface area (Å²) >= 11 is 0. The first kappa shape index (κ1) is 56.4. The van der Waals surface area contributed by atoms with E-state index in [-0.39, 0.29) is 73.2 Å². The van der Waals surface area contributed by atoms with E-state index < -0.39 is 68.8 Å². The summed E-state index contributed by atoms with van der Waals surface area (Å²) in [6.07, 6.45) is 20.8. The summed E-state index contributed by atoms with van der Waals surface area (Å²) in [7, 11) is -8.95. The Hall–Kier alpha value is -2.60. The van der Waals surface area contributed by atoms with Gasteiger partial charge in [-0.05, 0) is 37.1 Å². The van der Waals surface area contributed by atoms with Gasteiger partial charge in [0.2, 0.25) is 0 Å². The summed E-state index contributed by atoms with van der Waals surface area (Å²) in [6.45, 7) is 3.81. The van der Waals surface area contributed by atoms with Crippen molar-refractivity contribution in [1.82, 2.24) is 0 Å². The summed E-state index contributed by atoms with van der Waals surface area (Å²) in [5.41, 5.74) is 0.0672. The maximum Gasteiger partial charge on any atom is 2.00 e. The molecule has 0 saturated heterocycles. The van der Waals surface area contributed by atoms with Gasteiger partial charge in [0, 0.05) is 0 Å². The van der Waals surface area contributed by atoms with E-state index in [9.17, 15) is 45.1 Å². The van der Waals surface area contributed by atoms with Gasteiger partial charge < -0.3 is 28.1 Å². The van der Waals surface area contributed by atoms with Crippen LogP contribution < -0.4 is 0 Å². The van der Waals surface area contributed by atoms with Crippen LogP contribution in [0.15, 0.2) is 48.5 Å². The fraction of sp³-hybridized carbons (Fsp3) is 0.619. The maximum absolute atomic E-state index is 12.3. The molecule has 0 saturated carbocycles. The summed E-state index contributed by atoms with van der Waals surface area (Å²) in [5, 5.41) is 0. The molecule has 0 N–H and O–H groups in total. The summed E-state index contributed by atoms with van der Waals surface area (Å²) in [5.74, 6) is -4.64. The van der Waals surface area contributed by atoms with Crippen LogP contribution >= 0.6 is 0 Å². The second-order valence-electron chi connectivity index (χ2n) is 13.8. The molecular formula is C42H62CaO14S2. The topological polar surface area (TPSA) is 220 Å². The Morgan fingerprint density at radius 3 is 0.864 bits per heavy atom. The van der Waals surface area contributed by atoms with Crippen molar-refractivity contribution < 1.29 is 64.1 Å². The third-order valence-corrected chi connectivity index (χ3v) is 10.2. The Labute approximate surface area is 381 Å². The fourth-order valence-electron chi connectivity index (χ4n) is 5.62. The van der Waals surface area contributed by atoms with Crippen LogP contribution in [0.4, 0.5) is 0 Å². The molecule has 0 aromatic heterocycles. The first-order valence-electron chi connectivity index (χ1n) is 20.4. The third-order valence-electron chi connectivity index (χ3n) is 8.83. The molecule has 0 aliphatic rings. The number of hydrogen-bond acceptors (Lipinski definition) is 14. The largest absolute Gasteiger partial charge is 2.00 e. The SMILES string of the molecule is CCCCCCCCCCCOC(=O)c1ccccc1C(=O)OCCS(=O)(=O)[O-].CCCCCCCCCCCOC(=O)c1ccccc1C(=O)OCCS(=O)(=O)[O-].[Ca+2]. The van der Waals surface area contributed by atoms with Crippen molar-refractivity contribution in [2.75, 3.05) is 37.9 Å². The van der Waals surface area contributed by atoms with Crippen LogP contribution in [0.2, 0.25) is 0 Å². The Kier molecular flexibility index (Phi) is 32.5. The second-order valence-corrected chi connectivity index (χ2v) is 16.9. The van der Waals surface area contributed by atoms with E-state index in [1.807, 2.05) is 0 Å². The number of benzene rings is 2. The van der Waals surface area contributed by atoms with Gasteiger partial charge in [-0.1, -0.05) is 141 Å². The molecule has 2 aromatic rings. The Bertz CT molecular complexity index is 1590. The standard InChI is InChI=1S/2C21H32O7S.Ca/c2*1-2-3-4-5-6-7-8-9-12-15-27-20(22)18-13-10-11-14-19(18)21(23)28-16-17-29(24,25)26;/h2*10-11,13-14H,2-9,12,15-17H2,1H3,(H,24,25,26);/q;;+2/p-2. The molecule has 0 fully saturated rings. The number of carbonyl (C=O) groups is 4. The van der Waals surface area contributed by atoms with Crippen LogP contribution in [-0.2, 0) is 39.2 Å². The summed E-state index contributed by atoms with van der Waals surface area (Å²) < 4.78 is 83.5. The van der Waals surface area contributed by atoms with E-state index >= 15 is 0 Å². The van der Waals surface area contributed by atoms with Crippen molar-refractivity contribution in [3.8, 4) is 0 Å². The second kappa shape index (κ2) is 34.0. The van der Waals surface area contributed by atoms with Gasteiger partial charge >= 0.3 is 61.6 Å². The molecule has 0 amide bonds. The molecule has 59 heavy (non-hydrogen) atoms. The molecule has 0 spiro atoms. The van der Waals surface area contributed by atoms with Crippen molar-refractivity contribution in [3.05, 3.63) is 70.8 Å². The minimum Gasteiger partial charge on any atom is -0.748 e. The summed E-state index contributed by atoms with van der Waals surface area (Å²) in [6, 6.07) is 12.0. The van der Waals surface area contributed by atoms with Gasteiger partial charge in [0.1, 0.15) is 13.2 Å². The smallest absolute Gasteiger partial charge is 0.748 e. The van der Waals surface area contributed by atoms with Crippen molar-refractivity contribution >= 4 is 81.9 Å². The van der Waals surface area contributed by atoms with Gasteiger partial charge in [-0.15, -0.1) is 0 Å². The molecule has 0 aliphatic heterocycles. The molecule has 0 radical (unpaired) electrons. The van der Waals surface area contributed by atoms with Crippen LogP contribution in [0, 0.1) is 0 Å². The van der Waals surface area contributed by atoms with Gasteiger partial charge in [0.15, 0.2) is 0 Å². The average Bonchev–Trinajstić information content (AvgIpc) is 3.18. The minimum absolute atomic E-state index is 0. The minimum atomic E-state index is -4.48. The zero-order chi connectivity index (χ0) is 43.1. The molecule has 0 bridgehead atoms. The van der Waals surface area contributed by atoms with Crippen LogP contribution in [0.3, 0.4) is 0 Å². The monoisotopic (exact) mass is 894 g/mol. The van der Waals surface area contributed by atoms with E-state index in [0.717, 1.165) is 38.5 Å². The Balaban J connectivity index is 0.00000112. The number of unbranched alkanes of at least 4 members (excludes halogenated alkanes) is 16. The molecule has 0 heterocycles. The van der Waals surface area contributed by atoms with E-state index in [1.54, 1.807) is 24.3 Å². The van der Waals surface area contributed by atoms with E-state index in [0.29, 0.717) is 0 Å². The molecule has 2 aromatic carbocycles. The number of carbonyl (C=O) groups excluding carboxylic acids is 4. The average molecular weight is 895 g/mol. The zero-order valence-electron chi connectivity index (χ0n) is 34.8. The van der Waals surface area contributed by atoms with Crippen LogP contribution in [0.25, 0.3) is 0 Å². The number of hydrogen-bond donors (Lipinski definition) is 0. The Morgan fingerprint density at radius 2 is 0.627 bits per heavy atom. The quantitative estimate of drug-likeness (QED) is 0.0241. The van der Waals surface area contributed by atoms with Crippen LogP contribution in [0.1, 0.15) is 171 Å². The third kappa shape index (κ3) is 29.3. The van der Waals surface area contributed by atoms with Crippen molar-refractivity contribution in [1.29, 1.82) is 0 Å². The normalized spacial score (nSPS) is 11.1. The van der Waals surface area contributed by atoms with Crippen molar-refractivity contribution in [2.45, 2.75) is 129 Å². The number of rotatable bonds is 30. The van der Waals surface area contributed by atoms with Gasteiger partial charge in [0.25, 0.3) is 0 Å². The maximum atomic E-state index is 12.3. The predicted octanol–water partition coefficient (Wildman–Crippen LogP) is 7.77. The fourth-order valence-corrected chi connectivity index (χ4v) is 6.19. The molecule has 0 unspecified atom stereocenters. The molecular weight excluding hydrogens is 833 g/mol. The van der Waals surface area contributed by atoms with Gasteiger partial charge in [-0.2, -0.15) is 0 Å². The zero-order valence-corrected chi connectivity index (χ0v) is 38.7. The first-order chi connectivity index (χ1) is 27.7. The molecule has 14 nitrogen and oxygen atoms in total. The van der Waals surface area contributed by atoms with Gasteiger partial charge in [-0.3, -0.25) is 0 Å². The molecule has 2 rings (SSSR count). The molecule has 328 valence electrons. The predicted molar refractivity (Wildman–Crippen MR) is 223 cm³/mol. The van der Waals surface area contributed by atoms with Gasteiger partial charge in [-0.25, -0.2) is 36.0 Å². The van der Waals surface area contributed by atoms with Gasteiger partial charge in [0.05, 0.1) is 67.2 Å². The van der Waals surface area contributed by atoms with E-state index in [4.69, 9.17) is 18.9 Å². The number of esters is 4. The number of ether oxygens (including phenoxy) is 4. The molecule has 0 aliphatic carbocycles. The Morgan fingerprint density at radius 1 is 0.407 bits per heavy atom. The summed E-state index contributed by atoms with van der Waals surface area (Å²) in [4.78, 5) is 48.7. The first-order valence-corrected chi connectivity index (χ1v) is 23.6. The van der Waals surface area contributed by atoms with Crippen LogP contribution in [0.5, 0.6) is 0 Å². The van der Waals surface area contributed by atoms with Crippen molar-refractivity contribution in [2.24, 2.45) is 0 Å². The molecule has 17 heteroatoms. The van der Waals surface area contributed by atoms with Crippen LogP contribution in [-0.4, -0.2) is 125 Å². The van der Waals surface area contributed by atoms with E-state index in [2.05, 4.69) is 13.8 Å². The molecule has 0 atom stereocenters.